The van der Waals surface area contributed by atoms with Crippen molar-refractivity contribution in [1.29, 1.82) is 0 Å². The van der Waals surface area contributed by atoms with Gasteiger partial charge in [0.1, 0.15) is 11.5 Å². The molecule has 2 aromatic heterocycles. The predicted octanol–water partition coefficient (Wildman–Crippen LogP) is 3.84. The minimum atomic E-state index is -4.66. The zero-order valence-electron chi connectivity index (χ0n) is 15.2. The third-order valence-corrected chi connectivity index (χ3v) is 5.25. The van der Waals surface area contributed by atoms with Crippen LogP contribution in [0.2, 0.25) is 5.02 Å². The van der Waals surface area contributed by atoms with E-state index in [1.54, 1.807) is 0 Å². The number of carbonyl (C=O) groups excluding carboxylic acids is 1. The highest BCUT2D eigenvalue weighted by Crippen LogP contribution is 2.31. The molecule has 0 unspecified atom stereocenters. The van der Waals surface area contributed by atoms with E-state index in [4.69, 9.17) is 22.1 Å². The highest BCUT2D eigenvalue weighted by atomic mass is 35.5. The van der Waals surface area contributed by atoms with Gasteiger partial charge < -0.3 is 10.5 Å². The molecule has 0 atom stereocenters. The lowest BCUT2D eigenvalue weighted by Crippen LogP contribution is -2.17. The fourth-order valence-electron chi connectivity index (χ4n) is 2.36. The van der Waals surface area contributed by atoms with Crippen LogP contribution in [0.15, 0.2) is 60.0 Å². The number of rotatable bonds is 6. The van der Waals surface area contributed by atoms with E-state index in [2.05, 4.69) is 14.7 Å². The summed E-state index contributed by atoms with van der Waals surface area (Å²) in [6.45, 7) is 0. The Labute approximate surface area is 178 Å². The van der Waals surface area contributed by atoms with Gasteiger partial charge in [-0.1, -0.05) is 11.6 Å². The van der Waals surface area contributed by atoms with Crippen molar-refractivity contribution in [2.45, 2.75) is 11.2 Å². The van der Waals surface area contributed by atoms with Gasteiger partial charge in [-0.15, -0.1) is 0 Å². The van der Waals surface area contributed by atoms with Gasteiger partial charge in [-0.05, 0) is 30.3 Å². The summed E-state index contributed by atoms with van der Waals surface area (Å²) in [5.41, 5.74) is 3.99. The van der Waals surface area contributed by atoms with Crippen molar-refractivity contribution < 1.29 is 31.1 Å². The topological polar surface area (TPSA) is 124 Å². The lowest BCUT2D eigenvalue weighted by atomic mass is 10.1. The van der Waals surface area contributed by atoms with E-state index in [-0.39, 0.29) is 27.8 Å². The van der Waals surface area contributed by atoms with Crippen LogP contribution in [-0.4, -0.2) is 24.3 Å². The Bertz CT molecular complexity index is 1240. The molecule has 2 heterocycles. The molecular formula is C18H12ClF3N4O4S. The molecule has 0 bridgehead atoms. The van der Waals surface area contributed by atoms with Crippen molar-refractivity contribution in [1.82, 2.24) is 9.97 Å². The Balaban J connectivity index is 1.87. The van der Waals surface area contributed by atoms with Gasteiger partial charge in [0.25, 0.3) is 15.9 Å². The molecule has 0 saturated heterocycles. The third-order valence-electron chi connectivity index (χ3n) is 3.74. The average Bonchev–Trinajstić information content (AvgIpc) is 2.68. The number of ether oxygens (including phenoxy) is 1. The van der Waals surface area contributed by atoms with Crippen LogP contribution in [-0.2, 0) is 16.2 Å². The Morgan fingerprint density at radius 1 is 1.10 bits per heavy atom. The number of alkyl halides is 3. The average molecular weight is 473 g/mol. The summed E-state index contributed by atoms with van der Waals surface area (Å²) in [7, 11) is -4.34. The summed E-state index contributed by atoms with van der Waals surface area (Å²) in [6, 6.07) is 6.39. The van der Waals surface area contributed by atoms with E-state index in [1.165, 1.54) is 30.6 Å². The molecule has 8 nitrogen and oxygen atoms in total. The highest BCUT2D eigenvalue weighted by Gasteiger charge is 2.31. The Morgan fingerprint density at radius 2 is 1.84 bits per heavy atom. The van der Waals surface area contributed by atoms with Gasteiger partial charge in [0.15, 0.2) is 5.03 Å². The number of nitrogens with one attached hydrogen (secondary N) is 1. The summed E-state index contributed by atoms with van der Waals surface area (Å²) in [5.74, 6) is -0.705. The van der Waals surface area contributed by atoms with Crippen LogP contribution in [0.25, 0.3) is 0 Å². The fraction of sp³-hybridized carbons (Fsp3) is 0.0556. The van der Waals surface area contributed by atoms with Gasteiger partial charge in [-0.25, -0.2) is 4.98 Å². The first-order valence-corrected chi connectivity index (χ1v) is 10.1. The Morgan fingerprint density at radius 3 is 2.42 bits per heavy atom. The number of carbonyl (C=O) groups is 1. The number of halogens is 4. The van der Waals surface area contributed by atoms with E-state index in [0.717, 1.165) is 6.07 Å². The quantitative estimate of drug-likeness (QED) is 0.561. The molecule has 162 valence electrons. The molecule has 1 amide bonds. The molecule has 0 saturated carbocycles. The molecule has 3 rings (SSSR count). The molecule has 13 heteroatoms. The SMILES string of the molecule is NC(=O)c1cc(NS(=O)(=O)c2ccc(C(F)(F)F)cn2)ccc1Oc1cncc(Cl)c1. The molecule has 0 aliphatic heterocycles. The number of benzene rings is 1. The van der Waals surface area contributed by atoms with Gasteiger partial charge in [-0.3, -0.25) is 14.5 Å². The van der Waals surface area contributed by atoms with E-state index in [9.17, 15) is 26.4 Å². The molecule has 0 aliphatic carbocycles. The number of sulfonamides is 1. The fourth-order valence-corrected chi connectivity index (χ4v) is 3.51. The van der Waals surface area contributed by atoms with E-state index >= 15 is 0 Å². The maximum Gasteiger partial charge on any atom is 0.417 e. The van der Waals surface area contributed by atoms with Crippen LogP contribution in [0.5, 0.6) is 11.5 Å². The molecule has 3 N–H and O–H groups in total. The maximum atomic E-state index is 12.6. The van der Waals surface area contributed by atoms with Crippen LogP contribution in [0.3, 0.4) is 0 Å². The summed E-state index contributed by atoms with van der Waals surface area (Å²) in [4.78, 5) is 19.0. The van der Waals surface area contributed by atoms with Crippen LogP contribution in [0.1, 0.15) is 15.9 Å². The number of amides is 1. The summed E-state index contributed by atoms with van der Waals surface area (Å²) >= 11 is 5.83. The minimum absolute atomic E-state index is 0.00664. The standard InChI is InChI=1S/C18H12ClF3N4O4S/c19-11-5-13(9-24-8-11)30-15-3-2-12(6-14(15)17(23)27)26-31(28,29)16-4-1-10(7-25-16)18(20,21)22/h1-9,26H,(H2,23,27). The number of primary amides is 1. The zero-order chi connectivity index (χ0) is 22.8. The second-order valence-corrected chi connectivity index (χ2v) is 8.07. The van der Waals surface area contributed by atoms with Crippen LogP contribution in [0.4, 0.5) is 18.9 Å². The largest absolute Gasteiger partial charge is 0.455 e. The van der Waals surface area contributed by atoms with Crippen LogP contribution >= 0.6 is 11.6 Å². The van der Waals surface area contributed by atoms with E-state index in [1.807, 2.05) is 0 Å². The first kappa shape index (κ1) is 22.3. The van der Waals surface area contributed by atoms with Crippen molar-refractivity contribution in [2.75, 3.05) is 4.72 Å². The number of nitrogens with two attached hydrogens (primary N) is 1. The Hall–Kier alpha value is -3.38. The van der Waals surface area contributed by atoms with Crippen molar-refractivity contribution in [3.05, 3.63) is 71.1 Å². The van der Waals surface area contributed by atoms with E-state index in [0.29, 0.717) is 18.3 Å². The molecule has 31 heavy (non-hydrogen) atoms. The van der Waals surface area contributed by atoms with Crippen LogP contribution in [0, 0.1) is 0 Å². The minimum Gasteiger partial charge on any atom is -0.455 e. The number of anilines is 1. The maximum absolute atomic E-state index is 12.6. The van der Waals surface area contributed by atoms with Crippen molar-refractivity contribution in [2.24, 2.45) is 5.73 Å². The monoisotopic (exact) mass is 472 g/mol. The molecule has 0 spiro atoms. The molecule has 0 radical (unpaired) electrons. The second-order valence-electron chi connectivity index (χ2n) is 6.00. The highest BCUT2D eigenvalue weighted by molar-refractivity contribution is 7.92. The molecular weight excluding hydrogens is 461 g/mol. The van der Waals surface area contributed by atoms with Gasteiger partial charge in [0, 0.05) is 24.1 Å². The number of nitrogens with zero attached hydrogens (tertiary/aromatic N) is 2. The van der Waals surface area contributed by atoms with Gasteiger partial charge in [0.2, 0.25) is 0 Å². The van der Waals surface area contributed by atoms with Gasteiger partial charge in [0.05, 0.1) is 22.3 Å². The lowest BCUT2D eigenvalue weighted by Gasteiger charge is -2.13. The van der Waals surface area contributed by atoms with Gasteiger partial charge >= 0.3 is 6.18 Å². The first-order valence-electron chi connectivity index (χ1n) is 8.24. The summed E-state index contributed by atoms with van der Waals surface area (Å²) < 4.78 is 70.4. The molecule has 0 aliphatic rings. The van der Waals surface area contributed by atoms with Crippen molar-refractivity contribution in [3.63, 3.8) is 0 Å². The number of hydrogen-bond acceptors (Lipinski definition) is 6. The first-order chi connectivity index (χ1) is 14.5. The van der Waals surface area contributed by atoms with Crippen molar-refractivity contribution >= 4 is 33.2 Å². The summed E-state index contributed by atoms with van der Waals surface area (Å²) in [5, 5.41) is -0.363. The molecule has 1 aromatic carbocycles. The van der Waals surface area contributed by atoms with E-state index < -0.39 is 32.7 Å². The number of pyridine rings is 2. The van der Waals surface area contributed by atoms with Crippen molar-refractivity contribution in [3.8, 4) is 11.5 Å². The zero-order valence-corrected chi connectivity index (χ0v) is 16.8. The van der Waals surface area contributed by atoms with Gasteiger partial charge in [-0.2, -0.15) is 21.6 Å². The number of aromatic nitrogens is 2. The summed E-state index contributed by atoms with van der Waals surface area (Å²) in [6.07, 6.45) is -1.55. The number of hydrogen-bond donors (Lipinski definition) is 2. The molecule has 3 aromatic rings. The second kappa shape index (κ2) is 8.40. The Kier molecular flexibility index (Phi) is 6.04. The molecule has 0 fully saturated rings. The smallest absolute Gasteiger partial charge is 0.417 e. The third kappa shape index (κ3) is 5.41. The van der Waals surface area contributed by atoms with Crippen LogP contribution < -0.4 is 15.2 Å². The lowest BCUT2D eigenvalue weighted by molar-refractivity contribution is -0.137. The normalized spacial score (nSPS) is 11.7. The predicted molar refractivity (Wildman–Crippen MR) is 104 cm³/mol.